The number of benzene rings is 1. The predicted molar refractivity (Wildman–Crippen MR) is 82.1 cm³/mol. The number of hydrogen-bond acceptors (Lipinski definition) is 4. The van der Waals surface area contributed by atoms with Gasteiger partial charge in [0.05, 0.1) is 11.6 Å². The molecule has 22 heavy (non-hydrogen) atoms. The molecule has 7 heteroatoms. The number of nitrogens with zero attached hydrogens (tertiary/aromatic N) is 1. The molecule has 2 aromatic rings. The summed E-state index contributed by atoms with van der Waals surface area (Å²) in [7, 11) is 1.74. The molecular weight excluding hydrogens is 286 g/mol. The fourth-order valence-corrected chi connectivity index (χ4v) is 2.58. The molecule has 0 radical (unpaired) electrons. The van der Waals surface area contributed by atoms with Crippen molar-refractivity contribution >= 4 is 22.8 Å². The van der Waals surface area contributed by atoms with Crippen LogP contribution in [0.5, 0.6) is 0 Å². The highest BCUT2D eigenvalue weighted by molar-refractivity contribution is 5.91. The van der Waals surface area contributed by atoms with Gasteiger partial charge in [0.2, 0.25) is 0 Å². The van der Waals surface area contributed by atoms with Gasteiger partial charge in [-0.05, 0) is 31.4 Å². The first-order valence-electron chi connectivity index (χ1n) is 7.38. The van der Waals surface area contributed by atoms with E-state index < -0.39 is 5.76 Å². The Morgan fingerprint density at radius 1 is 1.45 bits per heavy atom. The maximum absolute atomic E-state index is 12.2. The first-order chi connectivity index (χ1) is 10.6. The summed E-state index contributed by atoms with van der Waals surface area (Å²) < 4.78 is 10.6. The van der Waals surface area contributed by atoms with Crippen LogP contribution in [-0.4, -0.2) is 42.2 Å². The summed E-state index contributed by atoms with van der Waals surface area (Å²) in [5.74, 6) is -0.509. The number of likely N-dealkylation sites (N-methyl/N-ethyl adjacent to an activating group) is 1. The minimum Gasteiger partial charge on any atom is -0.408 e. The zero-order valence-electron chi connectivity index (χ0n) is 12.4. The number of aromatic nitrogens is 1. The van der Waals surface area contributed by atoms with E-state index in [0.717, 1.165) is 25.9 Å². The third kappa shape index (κ3) is 3.30. The van der Waals surface area contributed by atoms with Gasteiger partial charge in [-0.2, -0.15) is 0 Å². The van der Waals surface area contributed by atoms with Crippen LogP contribution in [0.2, 0.25) is 0 Å². The number of oxazole rings is 1. The van der Waals surface area contributed by atoms with Gasteiger partial charge in [-0.25, -0.2) is 9.59 Å². The molecule has 1 atom stereocenters. The van der Waals surface area contributed by atoms with Gasteiger partial charge in [0, 0.05) is 32.0 Å². The lowest BCUT2D eigenvalue weighted by molar-refractivity contribution is 0.00463. The van der Waals surface area contributed by atoms with Crippen LogP contribution in [0.4, 0.5) is 10.5 Å². The van der Waals surface area contributed by atoms with Gasteiger partial charge in [-0.1, -0.05) is 0 Å². The van der Waals surface area contributed by atoms with Crippen LogP contribution < -0.4 is 11.1 Å². The van der Waals surface area contributed by atoms with Crippen molar-refractivity contribution in [2.75, 3.05) is 25.5 Å². The first kappa shape index (κ1) is 14.6. The van der Waals surface area contributed by atoms with E-state index in [0.29, 0.717) is 23.3 Å². The highest BCUT2D eigenvalue weighted by atomic mass is 16.5. The standard InChI is InChI=1S/C15H19N3O4/c1-18(9-11-4-2-3-7-21-11)14(19)16-10-5-6-12-13(8-10)22-15(20)17-12/h5-6,8,11H,2-4,7,9H2,1H3,(H,16,19)(H,17,20)/t11-/m0/s1. The molecule has 0 saturated carbocycles. The van der Waals surface area contributed by atoms with E-state index in [1.54, 1.807) is 30.1 Å². The highest BCUT2D eigenvalue weighted by Crippen LogP contribution is 2.17. The number of fused-ring (bicyclic) bond motifs is 1. The van der Waals surface area contributed by atoms with Gasteiger partial charge in [0.1, 0.15) is 0 Å². The molecule has 0 aliphatic carbocycles. The van der Waals surface area contributed by atoms with Gasteiger partial charge in [0.15, 0.2) is 5.58 Å². The van der Waals surface area contributed by atoms with Gasteiger partial charge in [-0.3, -0.25) is 4.98 Å². The summed E-state index contributed by atoms with van der Waals surface area (Å²) in [5.41, 5.74) is 1.60. The van der Waals surface area contributed by atoms with Crippen molar-refractivity contribution in [3.8, 4) is 0 Å². The number of ether oxygens (including phenoxy) is 1. The summed E-state index contributed by atoms with van der Waals surface area (Å²) in [6, 6.07) is 4.82. The van der Waals surface area contributed by atoms with Crippen molar-refractivity contribution in [1.82, 2.24) is 9.88 Å². The van der Waals surface area contributed by atoms with Crippen LogP contribution in [0.25, 0.3) is 11.1 Å². The van der Waals surface area contributed by atoms with Gasteiger partial charge >= 0.3 is 11.8 Å². The fraction of sp³-hybridized carbons (Fsp3) is 0.467. The van der Waals surface area contributed by atoms with E-state index >= 15 is 0 Å². The Morgan fingerprint density at radius 3 is 3.09 bits per heavy atom. The smallest absolute Gasteiger partial charge is 0.408 e. The van der Waals surface area contributed by atoms with Gasteiger partial charge in [0.25, 0.3) is 0 Å². The number of hydrogen-bond donors (Lipinski definition) is 2. The van der Waals surface area contributed by atoms with Crippen LogP contribution in [-0.2, 0) is 4.74 Å². The van der Waals surface area contributed by atoms with E-state index in [4.69, 9.17) is 9.15 Å². The fourth-order valence-electron chi connectivity index (χ4n) is 2.58. The Hall–Kier alpha value is -2.28. The zero-order valence-corrected chi connectivity index (χ0v) is 12.4. The molecule has 1 aliphatic heterocycles. The number of aromatic amines is 1. The average molecular weight is 305 g/mol. The molecule has 2 N–H and O–H groups in total. The Balaban J connectivity index is 1.62. The molecule has 118 valence electrons. The van der Waals surface area contributed by atoms with Gasteiger partial charge < -0.3 is 19.4 Å². The minimum absolute atomic E-state index is 0.106. The largest absolute Gasteiger partial charge is 0.417 e. The molecule has 1 saturated heterocycles. The first-order valence-corrected chi connectivity index (χ1v) is 7.38. The number of nitrogens with one attached hydrogen (secondary N) is 2. The number of carbonyl (C=O) groups is 1. The maximum Gasteiger partial charge on any atom is 0.417 e. The lowest BCUT2D eigenvalue weighted by atomic mass is 10.1. The number of H-pyrrole nitrogens is 1. The second-order valence-electron chi connectivity index (χ2n) is 5.52. The predicted octanol–water partition coefficient (Wildman–Crippen LogP) is 2.15. The molecule has 0 bridgehead atoms. The molecule has 1 aromatic heterocycles. The molecule has 7 nitrogen and oxygen atoms in total. The van der Waals surface area contributed by atoms with Crippen LogP contribution in [0, 0.1) is 0 Å². The Bertz CT molecular complexity index is 715. The SMILES string of the molecule is CN(C[C@@H]1CCCCO1)C(=O)Nc1ccc2[nH]c(=O)oc2c1. The van der Waals surface area contributed by atoms with Crippen LogP contribution in [0.15, 0.2) is 27.4 Å². The van der Waals surface area contributed by atoms with Crippen molar-refractivity contribution in [3.05, 3.63) is 28.7 Å². The average Bonchev–Trinajstić information content (AvgIpc) is 2.87. The molecule has 3 rings (SSSR count). The van der Waals surface area contributed by atoms with Crippen LogP contribution in [0.1, 0.15) is 19.3 Å². The molecule has 1 fully saturated rings. The van der Waals surface area contributed by atoms with Crippen LogP contribution >= 0.6 is 0 Å². The van der Waals surface area contributed by atoms with Crippen molar-refractivity contribution < 1.29 is 13.9 Å². The van der Waals surface area contributed by atoms with E-state index in [1.807, 2.05) is 0 Å². The summed E-state index contributed by atoms with van der Waals surface area (Å²) >= 11 is 0. The molecule has 0 unspecified atom stereocenters. The van der Waals surface area contributed by atoms with Crippen molar-refractivity contribution in [2.45, 2.75) is 25.4 Å². The summed E-state index contributed by atoms with van der Waals surface area (Å²) in [5, 5.41) is 2.79. The molecule has 1 aromatic carbocycles. The topological polar surface area (TPSA) is 87.6 Å². The van der Waals surface area contributed by atoms with E-state index in [1.165, 1.54) is 0 Å². The van der Waals surface area contributed by atoms with Crippen molar-refractivity contribution in [2.24, 2.45) is 0 Å². The highest BCUT2D eigenvalue weighted by Gasteiger charge is 2.19. The molecular formula is C15H19N3O4. The number of carbonyl (C=O) groups excluding carboxylic acids is 1. The van der Waals surface area contributed by atoms with E-state index in [2.05, 4.69) is 10.3 Å². The molecule has 2 heterocycles. The lowest BCUT2D eigenvalue weighted by Crippen LogP contribution is -2.39. The number of amides is 2. The third-order valence-corrected chi connectivity index (χ3v) is 3.77. The maximum atomic E-state index is 12.2. The Morgan fingerprint density at radius 2 is 2.32 bits per heavy atom. The van der Waals surface area contributed by atoms with Crippen molar-refractivity contribution in [1.29, 1.82) is 0 Å². The van der Waals surface area contributed by atoms with Gasteiger partial charge in [-0.15, -0.1) is 0 Å². The summed E-state index contributed by atoms with van der Waals surface area (Å²) in [6.45, 7) is 1.33. The van der Waals surface area contributed by atoms with Crippen LogP contribution in [0.3, 0.4) is 0 Å². The monoisotopic (exact) mass is 305 g/mol. The second-order valence-corrected chi connectivity index (χ2v) is 5.52. The molecule has 1 aliphatic rings. The minimum atomic E-state index is -0.509. The third-order valence-electron chi connectivity index (χ3n) is 3.77. The summed E-state index contributed by atoms with van der Waals surface area (Å²) in [4.78, 5) is 27.5. The second kappa shape index (κ2) is 6.23. The zero-order chi connectivity index (χ0) is 15.5. The quantitative estimate of drug-likeness (QED) is 0.909. The number of urea groups is 1. The Kier molecular flexibility index (Phi) is 4.15. The molecule has 0 spiro atoms. The molecule has 2 amide bonds. The van der Waals surface area contributed by atoms with Crippen molar-refractivity contribution in [3.63, 3.8) is 0 Å². The Labute approximate surface area is 127 Å². The van der Waals surface area contributed by atoms with E-state index in [-0.39, 0.29) is 12.1 Å². The van der Waals surface area contributed by atoms with E-state index in [9.17, 15) is 9.59 Å². The summed E-state index contributed by atoms with van der Waals surface area (Å²) in [6.07, 6.45) is 3.32. The number of rotatable bonds is 3. The lowest BCUT2D eigenvalue weighted by Gasteiger charge is -2.27. The number of anilines is 1. The normalized spacial score (nSPS) is 18.3.